The van der Waals surface area contributed by atoms with Gasteiger partial charge in [0.25, 0.3) is 0 Å². The molecule has 1 aliphatic heterocycles. The van der Waals surface area contributed by atoms with Gasteiger partial charge in [0, 0.05) is 32.4 Å². The maximum absolute atomic E-state index is 12.9. The zero-order valence-electron chi connectivity index (χ0n) is 14.1. The molecule has 2 aliphatic rings. The number of aromatic nitrogens is 1. The number of nitrogens with zero attached hydrogens (tertiary/aromatic N) is 2. The third-order valence-corrected chi connectivity index (χ3v) is 7.32. The number of rotatable bonds is 7. The molecule has 1 saturated carbocycles. The van der Waals surface area contributed by atoms with Crippen molar-refractivity contribution in [2.75, 3.05) is 31.6 Å². The molecule has 0 spiro atoms. The van der Waals surface area contributed by atoms with Crippen LogP contribution in [0.5, 0.6) is 0 Å². The summed E-state index contributed by atoms with van der Waals surface area (Å²) in [6.07, 6.45) is 8.61. The fourth-order valence-corrected chi connectivity index (χ4v) is 5.31. The fraction of sp³-hybridized carbons (Fsp3) is 0.706. The van der Waals surface area contributed by atoms with Crippen molar-refractivity contribution in [3.8, 4) is 0 Å². The Labute approximate surface area is 144 Å². The van der Waals surface area contributed by atoms with Crippen molar-refractivity contribution in [2.24, 2.45) is 5.41 Å². The molecule has 0 aromatic carbocycles. The first-order valence-electron chi connectivity index (χ1n) is 8.87. The van der Waals surface area contributed by atoms with Gasteiger partial charge in [0.1, 0.15) is 10.7 Å². The molecular formula is C17H27N3O3S. The van der Waals surface area contributed by atoms with E-state index in [1.807, 2.05) is 0 Å². The van der Waals surface area contributed by atoms with Gasteiger partial charge in [-0.25, -0.2) is 13.4 Å². The molecule has 2 fully saturated rings. The number of anilines is 1. The Balaban J connectivity index is 1.77. The first-order chi connectivity index (χ1) is 11.6. The number of hydrogen-bond donors (Lipinski definition) is 2. The average Bonchev–Trinajstić information content (AvgIpc) is 2.58. The maximum Gasteiger partial charge on any atom is 0.246 e. The lowest BCUT2D eigenvalue weighted by Crippen LogP contribution is -2.39. The van der Waals surface area contributed by atoms with Gasteiger partial charge in [0.05, 0.1) is 0 Å². The van der Waals surface area contributed by atoms with Crippen LogP contribution in [0.3, 0.4) is 0 Å². The maximum atomic E-state index is 12.9. The van der Waals surface area contributed by atoms with Crippen LogP contribution >= 0.6 is 0 Å². The fourth-order valence-electron chi connectivity index (χ4n) is 3.68. The van der Waals surface area contributed by atoms with E-state index in [-0.39, 0.29) is 16.9 Å². The number of aliphatic hydroxyl groups excluding tert-OH is 1. The van der Waals surface area contributed by atoms with Crippen LogP contribution in [0.15, 0.2) is 23.2 Å². The molecule has 24 heavy (non-hydrogen) atoms. The number of aliphatic hydroxyl groups is 1. The van der Waals surface area contributed by atoms with E-state index in [4.69, 9.17) is 0 Å². The molecule has 0 bridgehead atoms. The normalized spacial score (nSPS) is 21.2. The Morgan fingerprint density at radius 1 is 1.21 bits per heavy atom. The second-order valence-corrected chi connectivity index (χ2v) is 8.90. The minimum atomic E-state index is -3.50. The topological polar surface area (TPSA) is 82.5 Å². The summed E-state index contributed by atoms with van der Waals surface area (Å²) in [5, 5.41) is 12.5. The van der Waals surface area contributed by atoms with E-state index in [9.17, 15) is 13.5 Å². The van der Waals surface area contributed by atoms with Gasteiger partial charge in [0.2, 0.25) is 10.0 Å². The quantitative estimate of drug-likeness (QED) is 0.785. The number of sulfonamides is 1. The van der Waals surface area contributed by atoms with E-state index in [0.717, 1.165) is 38.5 Å². The first-order valence-corrected chi connectivity index (χ1v) is 10.3. The molecule has 7 heteroatoms. The molecule has 6 nitrogen and oxygen atoms in total. The van der Waals surface area contributed by atoms with Crippen LogP contribution in [0.4, 0.5) is 5.82 Å². The molecule has 0 unspecified atom stereocenters. The minimum absolute atomic E-state index is 0.0818. The number of piperidine rings is 1. The molecule has 0 radical (unpaired) electrons. The molecule has 0 amide bonds. The lowest BCUT2D eigenvalue weighted by molar-refractivity contribution is 0.101. The van der Waals surface area contributed by atoms with E-state index in [1.165, 1.54) is 6.42 Å². The zero-order valence-corrected chi connectivity index (χ0v) is 14.9. The summed E-state index contributed by atoms with van der Waals surface area (Å²) in [5.41, 5.74) is 0.0818. The lowest BCUT2D eigenvalue weighted by Gasteiger charge is -2.42. The molecule has 1 aromatic rings. The number of hydrogen-bond acceptors (Lipinski definition) is 5. The van der Waals surface area contributed by atoms with E-state index in [0.29, 0.717) is 25.5 Å². The number of pyridine rings is 1. The third-order valence-electron chi connectivity index (χ3n) is 5.39. The van der Waals surface area contributed by atoms with Crippen molar-refractivity contribution >= 4 is 15.8 Å². The Bertz CT molecular complexity index is 653. The van der Waals surface area contributed by atoms with Crippen LogP contribution in [-0.4, -0.2) is 49.1 Å². The van der Waals surface area contributed by atoms with Gasteiger partial charge >= 0.3 is 0 Å². The Morgan fingerprint density at radius 2 is 1.96 bits per heavy atom. The van der Waals surface area contributed by atoms with Gasteiger partial charge in [-0.1, -0.05) is 12.8 Å². The van der Waals surface area contributed by atoms with Crippen molar-refractivity contribution in [3.05, 3.63) is 18.3 Å². The van der Waals surface area contributed by atoms with E-state index >= 15 is 0 Å². The van der Waals surface area contributed by atoms with Crippen molar-refractivity contribution < 1.29 is 13.5 Å². The minimum Gasteiger partial charge on any atom is -0.396 e. The lowest BCUT2D eigenvalue weighted by atomic mass is 9.67. The van der Waals surface area contributed by atoms with Crippen LogP contribution < -0.4 is 5.32 Å². The molecule has 3 rings (SSSR count). The second-order valence-electron chi connectivity index (χ2n) is 7.00. The molecule has 2 N–H and O–H groups in total. The second kappa shape index (κ2) is 7.37. The summed E-state index contributed by atoms with van der Waals surface area (Å²) in [6, 6.07) is 3.31. The Morgan fingerprint density at radius 3 is 2.58 bits per heavy atom. The van der Waals surface area contributed by atoms with Crippen molar-refractivity contribution in [2.45, 2.75) is 49.8 Å². The smallest absolute Gasteiger partial charge is 0.246 e. The SMILES string of the molecule is O=S(=O)(c1cccnc1NCC1(CCO)CCC1)N1CCCCC1. The highest BCUT2D eigenvalue weighted by Crippen LogP contribution is 2.44. The van der Waals surface area contributed by atoms with Gasteiger partial charge in [-0.05, 0) is 49.7 Å². The first kappa shape index (κ1) is 17.6. The van der Waals surface area contributed by atoms with Crippen molar-refractivity contribution in [1.29, 1.82) is 0 Å². The van der Waals surface area contributed by atoms with Gasteiger partial charge in [0.15, 0.2) is 0 Å². The van der Waals surface area contributed by atoms with Crippen molar-refractivity contribution in [3.63, 3.8) is 0 Å². The van der Waals surface area contributed by atoms with Crippen LogP contribution in [0.1, 0.15) is 44.9 Å². The monoisotopic (exact) mass is 353 g/mol. The molecule has 1 saturated heterocycles. The highest BCUT2D eigenvalue weighted by Gasteiger charge is 2.37. The van der Waals surface area contributed by atoms with Crippen LogP contribution in [0.25, 0.3) is 0 Å². The van der Waals surface area contributed by atoms with Crippen LogP contribution in [0, 0.1) is 5.41 Å². The van der Waals surface area contributed by atoms with Gasteiger partial charge < -0.3 is 10.4 Å². The third kappa shape index (κ3) is 3.58. The largest absolute Gasteiger partial charge is 0.396 e. The molecule has 134 valence electrons. The highest BCUT2D eigenvalue weighted by molar-refractivity contribution is 7.89. The van der Waals surface area contributed by atoms with Crippen molar-refractivity contribution in [1.82, 2.24) is 9.29 Å². The van der Waals surface area contributed by atoms with Crippen LogP contribution in [-0.2, 0) is 10.0 Å². The summed E-state index contributed by atoms with van der Waals surface area (Å²) in [7, 11) is -3.50. The standard InChI is InChI=1S/C17H27N3O3S/c21-13-9-17(7-5-8-17)14-19-16-15(6-4-10-18-16)24(22,23)20-11-2-1-3-12-20/h4,6,10,21H,1-3,5,7-9,11-14H2,(H,18,19). The zero-order chi connectivity index (χ0) is 17.0. The van der Waals surface area contributed by atoms with E-state index in [2.05, 4.69) is 10.3 Å². The van der Waals surface area contributed by atoms with E-state index in [1.54, 1.807) is 22.6 Å². The predicted molar refractivity (Wildman–Crippen MR) is 93.3 cm³/mol. The average molecular weight is 353 g/mol. The van der Waals surface area contributed by atoms with E-state index < -0.39 is 10.0 Å². The highest BCUT2D eigenvalue weighted by atomic mass is 32.2. The Kier molecular flexibility index (Phi) is 5.42. The molecule has 2 heterocycles. The van der Waals surface area contributed by atoms with Gasteiger partial charge in [-0.2, -0.15) is 4.31 Å². The summed E-state index contributed by atoms with van der Waals surface area (Å²) in [5.74, 6) is 0.437. The van der Waals surface area contributed by atoms with Gasteiger partial charge in [-0.15, -0.1) is 0 Å². The summed E-state index contributed by atoms with van der Waals surface area (Å²) >= 11 is 0. The molecule has 0 atom stereocenters. The molecular weight excluding hydrogens is 326 g/mol. The van der Waals surface area contributed by atoms with Crippen LogP contribution in [0.2, 0.25) is 0 Å². The summed E-state index contributed by atoms with van der Waals surface area (Å²) in [4.78, 5) is 4.55. The number of nitrogens with one attached hydrogen (secondary N) is 1. The molecule has 1 aliphatic carbocycles. The van der Waals surface area contributed by atoms with Gasteiger partial charge in [-0.3, -0.25) is 0 Å². The molecule has 1 aromatic heterocycles. The Hall–Kier alpha value is -1.18. The predicted octanol–water partition coefficient (Wildman–Crippen LogP) is 2.22. The summed E-state index contributed by atoms with van der Waals surface area (Å²) in [6.45, 7) is 2.01. The summed E-state index contributed by atoms with van der Waals surface area (Å²) < 4.78 is 27.5.